The Bertz CT molecular complexity index is 332. The third-order valence-electron chi connectivity index (χ3n) is 4.02. The highest BCUT2D eigenvalue weighted by molar-refractivity contribution is 4.92. The molecule has 4 nitrogen and oxygen atoms in total. The van der Waals surface area contributed by atoms with E-state index in [0.29, 0.717) is 18.2 Å². The van der Waals surface area contributed by atoms with Crippen LogP contribution in [0.1, 0.15) is 38.1 Å². The predicted octanol–water partition coefficient (Wildman–Crippen LogP) is 1.75. The number of hydrogen-bond acceptors (Lipinski definition) is 3. The van der Waals surface area contributed by atoms with E-state index in [9.17, 15) is 0 Å². The van der Waals surface area contributed by atoms with Crippen molar-refractivity contribution in [1.82, 2.24) is 14.9 Å². The molecule has 17 heavy (non-hydrogen) atoms. The first kappa shape index (κ1) is 11.2. The van der Waals surface area contributed by atoms with E-state index in [1.54, 1.807) is 0 Å². The van der Waals surface area contributed by atoms with Gasteiger partial charge in [-0.25, -0.2) is 4.98 Å². The summed E-state index contributed by atoms with van der Waals surface area (Å²) in [5.74, 6) is 0. The first-order chi connectivity index (χ1) is 8.43. The van der Waals surface area contributed by atoms with Crippen molar-refractivity contribution >= 4 is 0 Å². The van der Waals surface area contributed by atoms with Gasteiger partial charge >= 0.3 is 0 Å². The minimum Gasteiger partial charge on any atom is -0.377 e. The van der Waals surface area contributed by atoms with E-state index in [1.807, 2.05) is 12.5 Å². The van der Waals surface area contributed by atoms with Gasteiger partial charge in [0, 0.05) is 37.6 Å². The van der Waals surface area contributed by atoms with Gasteiger partial charge in [-0.05, 0) is 32.1 Å². The summed E-state index contributed by atoms with van der Waals surface area (Å²) in [5.41, 5.74) is 0. The third-order valence-corrected chi connectivity index (χ3v) is 4.02. The van der Waals surface area contributed by atoms with Crippen LogP contribution in [-0.4, -0.2) is 34.8 Å². The van der Waals surface area contributed by atoms with Crippen molar-refractivity contribution < 1.29 is 4.74 Å². The summed E-state index contributed by atoms with van der Waals surface area (Å²) >= 11 is 0. The zero-order valence-electron chi connectivity index (χ0n) is 10.2. The van der Waals surface area contributed by atoms with Crippen molar-refractivity contribution in [2.45, 2.75) is 50.3 Å². The molecule has 0 spiro atoms. The van der Waals surface area contributed by atoms with Crippen LogP contribution in [0.3, 0.4) is 0 Å². The van der Waals surface area contributed by atoms with Gasteiger partial charge in [0.25, 0.3) is 0 Å². The fraction of sp³-hybridized carbons (Fsp3) is 0.769. The molecule has 3 unspecified atom stereocenters. The second-order valence-corrected chi connectivity index (χ2v) is 5.16. The van der Waals surface area contributed by atoms with Crippen LogP contribution in [0.4, 0.5) is 0 Å². The molecular formula is C13H21N3O. The molecular weight excluding hydrogens is 214 g/mol. The van der Waals surface area contributed by atoms with Gasteiger partial charge in [-0.1, -0.05) is 0 Å². The van der Waals surface area contributed by atoms with Gasteiger partial charge < -0.3 is 14.6 Å². The van der Waals surface area contributed by atoms with E-state index in [2.05, 4.69) is 21.1 Å². The van der Waals surface area contributed by atoms with Crippen LogP contribution in [0.25, 0.3) is 0 Å². The molecule has 2 aliphatic rings. The smallest absolute Gasteiger partial charge is 0.0949 e. The number of aromatic nitrogens is 2. The molecule has 1 aromatic rings. The maximum Gasteiger partial charge on any atom is 0.0949 e. The van der Waals surface area contributed by atoms with Crippen molar-refractivity contribution in [1.29, 1.82) is 0 Å². The van der Waals surface area contributed by atoms with Crippen LogP contribution < -0.4 is 5.32 Å². The van der Waals surface area contributed by atoms with Crippen molar-refractivity contribution in [3.63, 3.8) is 0 Å². The Labute approximate surface area is 102 Å². The average Bonchev–Trinajstić information content (AvgIpc) is 3.09. The second-order valence-electron chi connectivity index (χ2n) is 5.16. The van der Waals surface area contributed by atoms with Gasteiger partial charge in [0.1, 0.15) is 0 Å². The van der Waals surface area contributed by atoms with E-state index < -0.39 is 0 Å². The Hall–Kier alpha value is -0.870. The summed E-state index contributed by atoms with van der Waals surface area (Å²) in [4.78, 5) is 4.15. The fourth-order valence-corrected chi connectivity index (χ4v) is 3.09. The normalized spacial score (nSPS) is 33.3. The molecule has 0 amide bonds. The number of nitrogens with zero attached hydrogens (tertiary/aromatic N) is 2. The van der Waals surface area contributed by atoms with Gasteiger partial charge in [-0.2, -0.15) is 0 Å². The highest BCUT2D eigenvalue weighted by Gasteiger charge is 2.29. The molecule has 3 rings (SSSR count). The Morgan fingerprint density at radius 3 is 3.06 bits per heavy atom. The van der Waals surface area contributed by atoms with Crippen molar-refractivity contribution in [3.8, 4) is 0 Å². The highest BCUT2D eigenvalue weighted by atomic mass is 16.5. The zero-order chi connectivity index (χ0) is 11.5. The Kier molecular flexibility index (Phi) is 3.43. The maximum absolute atomic E-state index is 5.66. The molecule has 1 saturated carbocycles. The van der Waals surface area contributed by atoms with E-state index in [1.165, 1.54) is 32.1 Å². The van der Waals surface area contributed by atoms with Crippen LogP contribution in [-0.2, 0) is 4.74 Å². The van der Waals surface area contributed by atoms with Crippen LogP contribution >= 0.6 is 0 Å². The largest absolute Gasteiger partial charge is 0.377 e. The van der Waals surface area contributed by atoms with Gasteiger partial charge in [0.05, 0.1) is 12.4 Å². The molecule has 4 heteroatoms. The molecule has 0 aromatic carbocycles. The SMILES string of the molecule is c1cn(C2CCCC2NCC2CCCO2)cn1. The average molecular weight is 235 g/mol. The quantitative estimate of drug-likeness (QED) is 0.864. The maximum atomic E-state index is 5.66. The molecule has 1 saturated heterocycles. The lowest BCUT2D eigenvalue weighted by molar-refractivity contribution is 0.106. The molecule has 3 atom stereocenters. The second kappa shape index (κ2) is 5.19. The first-order valence-electron chi connectivity index (χ1n) is 6.76. The molecule has 2 heterocycles. The molecule has 2 fully saturated rings. The van der Waals surface area contributed by atoms with Crippen LogP contribution in [0.15, 0.2) is 18.7 Å². The molecule has 1 aliphatic carbocycles. The number of ether oxygens (including phenoxy) is 1. The lowest BCUT2D eigenvalue weighted by Crippen LogP contribution is -2.38. The summed E-state index contributed by atoms with van der Waals surface area (Å²) in [6.07, 6.45) is 12.6. The van der Waals surface area contributed by atoms with E-state index in [4.69, 9.17) is 4.74 Å². The standard InChI is InChI=1S/C13H21N3O/c1-4-12(15-9-11-3-2-8-17-11)13(5-1)16-7-6-14-10-16/h6-7,10-13,15H,1-5,8-9H2. The number of hydrogen-bond donors (Lipinski definition) is 1. The van der Waals surface area contributed by atoms with Gasteiger partial charge in [-0.3, -0.25) is 0 Å². The molecule has 0 radical (unpaired) electrons. The monoisotopic (exact) mass is 235 g/mol. The van der Waals surface area contributed by atoms with E-state index in [0.717, 1.165) is 13.2 Å². The molecule has 1 aliphatic heterocycles. The van der Waals surface area contributed by atoms with Crippen molar-refractivity contribution in [2.75, 3.05) is 13.2 Å². The Balaban J connectivity index is 1.54. The molecule has 94 valence electrons. The van der Waals surface area contributed by atoms with Gasteiger partial charge in [-0.15, -0.1) is 0 Å². The van der Waals surface area contributed by atoms with Crippen molar-refractivity contribution in [3.05, 3.63) is 18.7 Å². The predicted molar refractivity (Wildman–Crippen MR) is 65.9 cm³/mol. The number of rotatable bonds is 4. The number of imidazole rings is 1. The first-order valence-corrected chi connectivity index (χ1v) is 6.76. The Morgan fingerprint density at radius 1 is 1.29 bits per heavy atom. The molecule has 1 N–H and O–H groups in total. The van der Waals surface area contributed by atoms with Crippen LogP contribution in [0.2, 0.25) is 0 Å². The summed E-state index contributed by atoms with van der Waals surface area (Å²) in [7, 11) is 0. The highest BCUT2D eigenvalue weighted by Crippen LogP contribution is 2.30. The minimum atomic E-state index is 0.444. The van der Waals surface area contributed by atoms with Gasteiger partial charge in [0.2, 0.25) is 0 Å². The zero-order valence-corrected chi connectivity index (χ0v) is 10.2. The Morgan fingerprint density at radius 2 is 2.29 bits per heavy atom. The summed E-state index contributed by atoms with van der Waals surface area (Å²) in [5, 5.41) is 3.69. The van der Waals surface area contributed by atoms with E-state index >= 15 is 0 Å². The van der Waals surface area contributed by atoms with E-state index in [-0.39, 0.29) is 0 Å². The third kappa shape index (κ3) is 2.53. The topological polar surface area (TPSA) is 39.1 Å². The lowest BCUT2D eigenvalue weighted by atomic mass is 10.1. The fourth-order valence-electron chi connectivity index (χ4n) is 3.09. The summed E-state index contributed by atoms with van der Waals surface area (Å²) in [6, 6.07) is 1.17. The summed E-state index contributed by atoms with van der Waals surface area (Å²) in [6.45, 7) is 1.96. The number of nitrogens with one attached hydrogen (secondary N) is 1. The van der Waals surface area contributed by atoms with Crippen LogP contribution in [0.5, 0.6) is 0 Å². The molecule has 1 aromatic heterocycles. The minimum absolute atomic E-state index is 0.444. The van der Waals surface area contributed by atoms with Crippen LogP contribution in [0, 0.1) is 0 Å². The van der Waals surface area contributed by atoms with Gasteiger partial charge in [0.15, 0.2) is 0 Å². The van der Waals surface area contributed by atoms with Crippen molar-refractivity contribution in [2.24, 2.45) is 0 Å². The lowest BCUT2D eigenvalue weighted by Gasteiger charge is -2.23. The summed E-state index contributed by atoms with van der Waals surface area (Å²) < 4.78 is 7.91. The molecule has 0 bridgehead atoms.